The highest BCUT2D eigenvalue weighted by atomic mass is 16.6. The number of amidine groups is 1. The minimum Gasteiger partial charge on any atom is -0.444 e. The number of nitrogens with zero attached hydrogens (tertiary/aromatic N) is 5. The molecule has 0 saturated carbocycles. The minimum absolute atomic E-state index is 0.0699. The van der Waals surface area contributed by atoms with E-state index in [2.05, 4.69) is 65.9 Å². The zero-order chi connectivity index (χ0) is 42.3. The van der Waals surface area contributed by atoms with Gasteiger partial charge in [0.25, 0.3) is 5.91 Å². The van der Waals surface area contributed by atoms with Crippen LogP contribution in [-0.2, 0) is 28.0 Å². The Morgan fingerprint density at radius 2 is 1.43 bits per heavy atom. The number of carbonyl (C=O) groups is 3. The summed E-state index contributed by atoms with van der Waals surface area (Å²) < 4.78 is 5.60. The SMILES string of the molecule is CCCN(CCC)C(=O)C1=Cc2ncc(C(=O)Nc3cnc4c(c3)CN(C(=O)OC(C)(C)C)CC4)cc2NC(=NC(c2ccccc2)(c2ccccc2)c2ccccc2)C1. The molecule has 0 radical (unpaired) electrons. The predicted molar refractivity (Wildman–Crippen MR) is 237 cm³/mol. The molecule has 60 heavy (non-hydrogen) atoms. The Bertz CT molecular complexity index is 2290. The maximum absolute atomic E-state index is 14.4. The van der Waals surface area contributed by atoms with Crippen LogP contribution in [-0.4, -0.2) is 68.7 Å². The maximum Gasteiger partial charge on any atom is 0.410 e. The number of amides is 3. The molecule has 0 fully saturated rings. The lowest BCUT2D eigenvalue weighted by molar-refractivity contribution is -0.127. The topological polar surface area (TPSA) is 129 Å². The summed E-state index contributed by atoms with van der Waals surface area (Å²) in [4.78, 5) is 59.8. The highest BCUT2D eigenvalue weighted by molar-refractivity contribution is 6.11. The van der Waals surface area contributed by atoms with Gasteiger partial charge in [-0.1, -0.05) is 105 Å². The van der Waals surface area contributed by atoms with Gasteiger partial charge < -0.3 is 25.2 Å². The Labute approximate surface area is 352 Å². The van der Waals surface area contributed by atoms with Gasteiger partial charge in [0.2, 0.25) is 5.91 Å². The third kappa shape index (κ3) is 9.31. The fourth-order valence-electron chi connectivity index (χ4n) is 7.79. The molecule has 5 aromatic rings. The van der Waals surface area contributed by atoms with Crippen molar-refractivity contribution in [3.05, 3.63) is 160 Å². The molecule has 0 aliphatic carbocycles. The van der Waals surface area contributed by atoms with Gasteiger partial charge in [0.1, 0.15) is 17.0 Å². The molecule has 3 aromatic carbocycles. The summed E-state index contributed by atoms with van der Waals surface area (Å²) in [5, 5.41) is 6.55. The number of hydrogen-bond donors (Lipinski definition) is 2. The highest BCUT2D eigenvalue weighted by Gasteiger charge is 2.37. The number of aliphatic imine (C=N–C) groups is 1. The van der Waals surface area contributed by atoms with Gasteiger partial charge in [-0.25, -0.2) is 4.79 Å². The number of hydrogen-bond acceptors (Lipinski definition) is 7. The van der Waals surface area contributed by atoms with Crippen LogP contribution >= 0.6 is 0 Å². The number of fused-ring (bicyclic) bond motifs is 2. The van der Waals surface area contributed by atoms with Gasteiger partial charge >= 0.3 is 6.09 Å². The van der Waals surface area contributed by atoms with Crippen LogP contribution in [0.3, 0.4) is 0 Å². The van der Waals surface area contributed by atoms with E-state index in [-0.39, 0.29) is 24.3 Å². The Hall–Kier alpha value is -6.62. The molecule has 308 valence electrons. The van der Waals surface area contributed by atoms with Gasteiger partial charge in [-0.05, 0) is 74.1 Å². The molecule has 0 bridgehead atoms. The molecule has 2 aliphatic heterocycles. The van der Waals surface area contributed by atoms with Gasteiger partial charge in [0.15, 0.2) is 0 Å². The van der Waals surface area contributed by atoms with Crippen molar-refractivity contribution in [3.8, 4) is 0 Å². The number of carbonyl (C=O) groups excluding carboxylic acids is 3. The first-order chi connectivity index (χ1) is 29.0. The summed E-state index contributed by atoms with van der Waals surface area (Å²) in [6.07, 6.45) is 7.03. The summed E-state index contributed by atoms with van der Waals surface area (Å²) in [6, 6.07) is 34.1. The molecule has 11 heteroatoms. The molecule has 2 aliphatic rings. The number of benzene rings is 3. The van der Waals surface area contributed by atoms with Crippen LogP contribution in [0.1, 0.15) is 97.9 Å². The number of anilines is 2. The molecular formula is C49H53N7O4. The number of pyridine rings is 2. The van der Waals surface area contributed by atoms with Crippen LogP contribution in [0.15, 0.2) is 126 Å². The predicted octanol–water partition coefficient (Wildman–Crippen LogP) is 9.26. The third-order valence-corrected chi connectivity index (χ3v) is 10.5. The summed E-state index contributed by atoms with van der Waals surface area (Å²) in [7, 11) is 0. The maximum atomic E-state index is 14.4. The molecule has 2 N–H and O–H groups in total. The van der Waals surface area contributed by atoms with Crippen LogP contribution < -0.4 is 10.6 Å². The Kier molecular flexibility index (Phi) is 12.5. The molecule has 11 nitrogen and oxygen atoms in total. The Balaban J connectivity index is 1.28. The monoisotopic (exact) mass is 803 g/mol. The summed E-state index contributed by atoms with van der Waals surface area (Å²) in [5.74, 6) is 0.0890. The number of rotatable bonds is 11. The summed E-state index contributed by atoms with van der Waals surface area (Å²) in [6.45, 7) is 11.7. The molecule has 0 spiro atoms. The van der Waals surface area contributed by atoms with Crippen molar-refractivity contribution in [1.82, 2.24) is 19.8 Å². The summed E-state index contributed by atoms with van der Waals surface area (Å²) in [5.41, 5.74) is 5.38. The molecule has 0 atom stereocenters. The van der Waals surface area contributed by atoms with Gasteiger partial charge in [-0.15, -0.1) is 0 Å². The van der Waals surface area contributed by atoms with E-state index in [0.717, 1.165) is 40.8 Å². The molecule has 4 heterocycles. The summed E-state index contributed by atoms with van der Waals surface area (Å²) >= 11 is 0. The second-order valence-electron chi connectivity index (χ2n) is 16.2. The van der Waals surface area contributed by atoms with E-state index >= 15 is 0 Å². The lowest BCUT2D eigenvalue weighted by atomic mass is 9.77. The third-order valence-electron chi connectivity index (χ3n) is 10.5. The average molecular weight is 804 g/mol. The molecular weight excluding hydrogens is 751 g/mol. The van der Waals surface area contributed by atoms with E-state index in [4.69, 9.17) is 14.7 Å². The smallest absolute Gasteiger partial charge is 0.410 e. The minimum atomic E-state index is -1.00. The fourth-order valence-corrected chi connectivity index (χ4v) is 7.79. The first-order valence-electron chi connectivity index (χ1n) is 20.8. The average Bonchev–Trinajstić information content (AvgIpc) is 3.44. The molecule has 0 unspecified atom stereocenters. The van der Waals surface area contributed by atoms with Crippen LogP contribution in [0.4, 0.5) is 16.2 Å². The lowest BCUT2D eigenvalue weighted by Crippen LogP contribution is -2.40. The Morgan fingerprint density at radius 1 is 0.833 bits per heavy atom. The van der Waals surface area contributed by atoms with Crippen LogP contribution in [0.2, 0.25) is 0 Å². The van der Waals surface area contributed by atoms with E-state index in [0.29, 0.717) is 66.6 Å². The highest BCUT2D eigenvalue weighted by Crippen LogP contribution is 2.42. The number of nitrogens with one attached hydrogen (secondary N) is 2. The molecule has 2 aromatic heterocycles. The van der Waals surface area contributed by atoms with E-state index in [1.807, 2.05) is 92.4 Å². The lowest BCUT2D eigenvalue weighted by Gasteiger charge is -2.33. The van der Waals surface area contributed by atoms with Crippen LogP contribution in [0, 0.1) is 0 Å². The normalized spacial score (nSPS) is 14.5. The van der Waals surface area contributed by atoms with Crippen molar-refractivity contribution < 1.29 is 19.1 Å². The van der Waals surface area contributed by atoms with Crippen molar-refractivity contribution in [2.75, 3.05) is 30.3 Å². The van der Waals surface area contributed by atoms with Crippen LogP contribution in [0.5, 0.6) is 0 Å². The van der Waals surface area contributed by atoms with Gasteiger partial charge in [0, 0.05) is 49.9 Å². The van der Waals surface area contributed by atoms with Crippen molar-refractivity contribution in [2.45, 2.75) is 78.0 Å². The molecule has 7 rings (SSSR count). The number of ether oxygens (including phenoxy) is 1. The second kappa shape index (κ2) is 18.1. The first-order valence-corrected chi connectivity index (χ1v) is 20.8. The first kappa shape index (κ1) is 41.5. The molecule has 3 amide bonds. The van der Waals surface area contributed by atoms with Gasteiger partial charge in [0.05, 0.1) is 35.4 Å². The van der Waals surface area contributed by atoms with Crippen LogP contribution in [0.25, 0.3) is 6.08 Å². The standard InChI is InChI=1S/C49H53N7O4/c1-6-24-55(25-7-2)46(58)34-28-42-43(29-35(31-50-42)45(57)52-40-27-36-33-56(26-23-41(36)51-32-40)47(59)60-48(3,4)5)53-44(30-34)54-49(37-17-11-8-12-18-37,38-19-13-9-14-20-38)39-21-15-10-16-22-39/h8-22,27-29,31-32H,6-7,23-26,30,33H2,1-5H3,(H,52,57)(H,53,54). The van der Waals surface area contributed by atoms with E-state index in [9.17, 15) is 14.4 Å². The van der Waals surface area contributed by atoms with Crippen molar-refractivity contribution in [1.29, 1.82) is 0 Å². The van der Waals surface area contributed by atoms with Crippen molar-refractivity contribution >= 4 is 41.2 Å². The second-order valence-corrected chi connectivity index (χ2v) is 16.2. The quantitative estimate of drug-likeness (QED) is 0.127. The van der Waals surface area contributed by atoms with Gasteiger partial charge in [-0.3, -0.25) is 24.5 Å². The Morgan fingerprint density at radius 3 is 2.00 bits per heavy atom. The zero-order valence-corrected chi connectivity index (χ0v) is 35.1. The number of aromatic nitrogens is 2. The molecule has 0 saturated heterocycles. The van der Waals surface area contributed by atoms with Crippen molar-refractivity contribution in [3.63, 3.8) is 0 Å². The fraction of sp³-hybridized carbons (Fsp3) is 0.306. The zero-order valence-electron chi connectivity index (χ0n) is 35.1. The van der Waals surface area contributed by atoms with E-state index in [1.165, 1.54) is 6.20 Å². The van der Waals surface area contributed by atoms with Crippen molar-refractivity contribution in [2.24, 2.45) is 4.99 Å². The van der Waals surface area contributed by atoms with Gasteiger partial charge in [-0.2, -0.15) is 0 Å². The van der Waals surface area contributed by atoms with E-state index in [1.54, 1.807) is 17.2 Å². The van der Waals surface area contributed by atoms with E-state index < -0.39 is 11.1 Å². The largest absolute Gasteiger partial charge is 0.444 e.